The van der Waals surface area contributed by atoms with Gasteiger partial charge in [0.05, 0.1) is 0 Å². The van der Waals surface area contributed by atoms with Gasteiger partial charge in [-0.2, -0.15) is 0 Å². The third-order valence-corrected chi connectivity index (χ3v) is 5.81. The van der Waals surface area contributed by atoms with E-state index in [-0.39, 0.29) is 5.92 Å². The Balaban J connectivity index is 1.50. The Hall–Kier alpha value is -1.67. The highest BCUT2D eigenvalue weighted by molar-refractivity contribution is 5.30. The molecule has 140 valence electrons. The van der Waals surface area contributed by atoms with Crippen LogP contribution in [-0.4, -0.2) is 30.2 Å². The summed E-state index contributed by atoms with van der Waals surface area (Å²) in [5.74, 6) is 0.168. The minimum atomic E-state index is -0.604. The lowest BCUT2D eigenvalue weighted by Gasteiger charge is -2.30. The zero-order chi connectivity index (χ0) is 18.4. The maximum absolute atomic E-state index is 13.2. The molecular formula is C24H32FN. The van der Waals surface area contributed by atoms with Crippen molar-refractivity contribution in [3.05, 3.63) is 71.3 Å². The Morgan fingerprint density at radius 3 is 2.19 bits per heavy atom. The highest BCUT2D eigenvalue weighted by atomic mass is 19.1. The second-order valence-corrected chi connectivity index (χ2v) is 7.56. The summed E-state index contributed by atoms with van der Waals surface area (Å²) in [4.78, 5) is 2.62. The van der Waals surface area contributed by atoms with Gasteiger partial charge in [-0.1, -0.05) is 68.4 Å². The number of nitrogens with zero attached hydrogens (tertiary/aromatic N) is 1. The van der Waals surface area contributed by atoms with Gasteiger partial charge < -0.3 is 4.90 Å². The van der Waals surface area contributed by atoms with Crippen LogP contribution >= 0.6 is 0 Å². The van der Waals surface area contributed by atoms with E-state index >= 15 is 0 Å². The van der Waals surface area contributed by atoms with Crippen LogP contribution in [0.3, 0.4) is 0 Å². The van der Waals surface area contributed by atoms with E-state index in [0.29, 0.717) is 12.5 Å². The number of hydrogen-bond acceptors (Lipinski definition) is 1. The highest BCUT2D eigenvalue weighted by Gasteiger charge is 2.38. The predicted molar refractivity (Wildman–Crippen MR) is 108 cm³/mol. The van der Waals surface area contributed by atoms with Gasteiger partial charge in [0, 0.05) is 18.5 Å². The Kier molecular flexibility index (Phi) is 6.85. The molecule has 3 atom stereocenters. The van der Waals surface area contributed by atoms with Crippen LogP contribution in [-0.2, 0) is 12.8 Å². The van der Waals surface area contributed by atoms with Crippen molar-refractivity contribution in [2.75, 3.05) is 13.1 Å². The summed E-state index contributed by atoms with van der Waals surface area (Å²) in [6, 6.07) is 20.1. The average Bonchev–Trinajstić information content (AvgIpc) is 3.42. The summed E-state index contributed by atoms with van der Waals surface area (Å²) in [5.41, 5.74) is 3.97. The standard InChI is InChI=1S/C24H32FN/c1-3-22(26(4-2)17-16-19-8-6-5-7-9-19)15-12-20-10-13-21(14-11-20)23-18-24(23)25/h5-11,13-14,22-24H,3-4,12,15-18H2,1-2H3. The van der Waals surface area contributed by atoms with Crippen LogP contribution in [0, 0.1) is 0 Å². The topological polar surface area (TPSA) is 3.24 Å². The first kappa shape index (κ1) is 19.1. The number of alkyl halides is 1. The Morgan fingerprint density at radius 1 is 0.962 bits per heavy atom. The van der Waals surface area contributed by atoms with Crippen LogP contribution < -0.4 is 0 Å². The molecule has 1 aliphatic rings. The highest BCUT2D eigenvalue weighted by Crippen LogP contribution is 2.43. The van der Waals surface area contributed by atoms with E-state index in [1.54, 1.807) is 0 Å². The number of aryl methyl sites for hydroxylation is 1. The maximum Gasteiger partial charge on any atom is 0.108 e. The molecule has 1 saturated carbocycles. The van der Waals surface area contributed by atoms with E-state index in [1.807, 2.05) is 0 Å². The van der Waals surface area contributed by atoms with Crippen LogP contribution in [0.5, 0.6) is 0 Å². The molecule has 1 fully saturated rings. The van der Waals surface area contributed by atoms with Crippen LogP contribution in [0.4, 0.5) is 4.39 Å². The van der Waals surface area contributed by atoms with Crippen LogP contribution in [0.1, 0.15) is 55.7 Å². The maximum atomic E-state index is 13.2. The van der Waals surface area contributed by atoms with Gasteiger partial charge in [0.25, 0.3) is 0 Å². The van der Waals surface area contributed by atoms with E-state index in [4.69, 9.17) is 0 Å². The molecule has 0 spiro atoms. The van der Waals surface area contributed by atoms with Crippen LogP contribution in [0.25, 0.3) is 0 Å². The summed E-state index contributed by atoms with van der Waals surface area (Å²) in [5, 5.41) is 0. The summed E-state index contributed by atoms with van der Waals surface area (Å²) >= 11 is 0. The fourth-order valence-electron chi connectivity index (χ4n) is 3.93. The molecule has 0 aromatic heterocycles. The van der Waals surface area contributed by atoms with Gasteiger partial charge in [-0.25, -0.2) is 4.39 Å². The number of benzene rings is 2. The van der Waals surface area contributed by atoms with E-state index in [2.05, 4.69) is 73.3 Å². The van der Waals surface area contributed by atoms with E-state index in [1.165, 1.54) is 29.5 Å². The summed E-state index contributed by atoms with van der Waals surface area (Å²) in [7, 11) is 0. The van der Waals surface area contributed by atoms with E-state index < -0.39 is 6.17 Å². The fraction of sp³-hybridized carbons (Fsp3) is 0.500. The first-order valence-corrected chi connectivity index (χ1v) is 10.2. The number of rotatable bonds is 10. The minimum Gasteiger partial charge on any atom is -0.300 e. The monoisotopic (exact) mass is 353 g/mol. The molecule has 0 amide bonds. The molecule has 0 N–H and O–H groups in total. The molecule has 0 heterocycles. The van der Waals surface area contributed by atoms with E-state index in [9.17, 15) is 4.39 Å². The lowest BCUT2D eigenvalue weighted by molar-refractivity contribution is 0.193. The average molecular weight is 354 g/mol. The Bertz CT molecular complexity index is 652. The molecule has 2 aromatic rings. The third kappa shape index (κ3) is 5.17. The van der Waals surface area contributed by atoms with Crippen molar-refractivity contribution in [1.29, 1.82) is 0 Å². The first-order chi connectivity index (χ1) is 12.7. The predicted octanol–water partition coefficient (Wildman–Crippen LogP) is 5.79. The van der Waals surface area contributed by atoms with Crippen LogP contribution in [0.2, 0.25) is 0 Å². The summed E-state index contributed by atoms with van der Waals surface area (Å²) in [6.07, 6.45) is 4.70. The number of halogens is 1. The first-order valence-electron chi connectivity index (χ1n) is 10.2. The molecular weight excluding hydrogens is 321 g/mol. The van der Waals surface area contributed by atoms with Crippen molar-refractivity contribution < 1.29 is 4.39 Å². The number of likely N-dealkylation sites (N-methyl/N-ethyl adjacent to an activating group) is 1. The van der Waals surface area contributed by atoms with Gasteiger partial charge in [0.15, 0.2) is 0 Å². The zero-order valence-electron chi connectivity index (χ0n) is 16.2. The van der Waals surface area contributed by atoms with Crippen molar-refractivity contribution >= 4 is 0 Å². The van der Waals surface area contributed by atoms with Crippen molar-refractivity contribution in [1.82, 2.24) is 4.90 Å². The second-order valence-electron chi connectivity index (χ2n) is 7.56. The Morgan fingerprint density at radius 2 is 1.62 bits per heavy atom. The molecule has 0 saturated heterocycles. The second kappa shape index (κ2) is 9.32. The van der Waals surface area contributed by atoms with Crippen molar-refractivity contribution in [2.24, 2.45) is 0 Å². The molecule has 3 unspecified atom stereocenters. The molecule has 0 aliphatic heterocycles. The molecule has 2 aromatic carbocycles. The van der Waals surface area contributed by atoms with Crippen molar-refractivity contribution in [2.45, 2.75) is 64.1 Å². The van der Waals surface area contributed by atoms with Crippen molar-refractivity contribution in [3.8, 4) is 0 Å². The smallest absolute Gasteiger partial charge is 0.108 e. The van der Waals surface area contributed by atoms with Crippen molar-refractivity contribution in [3.63, 3.8) is 0 Å². The van der Waals surface area contributed by atoms with Gasteiger partial charge in [0.1, 0.15) is 6.17 Å². The minimum absolute atomic E-state index is 0.168. The quantitative estimate of drug-likeness (QED) is 0.523. The SMILES string of the molecule is CCC(CCc1ccc(C2CC2F)cc1)N(CC)CCc1ccccc1. The lowest BCUT2D eigenvalue weighted by atomic mass is 10.00. The largest absolute Gasteiger partial charge is 0.300 e. The third-order valence-electron chi connectivity index (χ3n) is 5.81. The molecule has 2 heteroatoms. The molecule has 3 rings (SSSR count). The summed E-state index contributed by atoms with van der Waals surface area (Å²) in [6.45, 7) is 6.79. The lowest BCUT2D eigenvalue weighted by Crippen LogP contribution is -2.36. The van der Waals surface area contributed by atoms with Crippen LogP contribution in [0.15, 0.2) is 54.6 Å². The van der Waals surface area contributed by atoms with Gasteiger partial charge in [-0.15, -0.1) is 0 Å². The molecule has 0 radical (unpaired) electrons. The van der Waals surface area contributed by atoms with Gasteiger partial charge in [-0.05, 0) is 55.3 Å². The zero-order valence-corrected chi connectivity index (χ0v) is 16.2. The van der Waals surface area contributed by atoms with Gasteiger partial charge in [-0.3, -0.25) is 0 Å². The van der Waals surface area contributed by atoms with Gasteiger partial charge in [0.2, 0.25) is 0 Å². The molecule has 1 nitrogen and oxygen atoms in total. The van der Waals surface area contributed by atoms with E-state index in [0.717, 1.165) is 25.9 Å². The van der Waals surface area contributed by atoms with Gasteiger partial charge >= 0.3 is 0 Å². The molecule has 26 heavy (non-hydrogen) atoms. The normalized spacial score (nSPS) is 20.3. The number of hydrogen-bond donors (Lipinski definition) is 0. The Labute approximate surface area is 158 Å². The molecule has 0 bridgehead atoms. The molecule has 1 aliphatic carbocycles. The summed E-state index contributed by atoms with van der Waals surface area (Å²) < 4.78 is 13.2. The fourth-order valence-corrected chi connectivity index (χ4v) is 3.93.